The lowest BCUT2D eigenvalue weighted by atomic mass is 10.2. The highest BCUT2D eigenvalue weighted by Gasteiger charge is 1.98. The van der Waals surface area contributed by atoms with Crippen LogP contribution in [0.4, 0.5) is 0 Å². The highest BCUT2D eigenvalue weighted by molar-refractivity contribution is 5.79. The molecule has 3 heteroatoms. The predicted molar refractivity (Wildman–Crippen MR) is 75.0 cm³/mol. The van der Waals surface area contributed by atoms with Gasteiger partial charge in [-0.1, -0.05) is 18.2 Å². The van der Waals surface area contributed by atoms with E-state index >= 15 is 0 Å². The minimum Gasteiger partial charge on any atom is -0.492 e. The summed E-state index contributed by atoms with van der Waals surface area (Å²) in [5, 5.41) is 4.28. The lowest BCUT2D eigenvalue weighted by molar-refractivity contribution is 0.304. The molecule has 1 N–H and O–H groups in total. The third-order valence-electron chi connectivity index (χ3n) is 2.91. The largest absolute Gasteiger partial charge is 0.492 e. The first-order valence-electron chi connectivity index (χ1n) is 6.52. The van der Waals surface area contributed by atoms with Crippen molar-refractivity contribution in [1.82, 2.24) is 10.3 Å². The van der Waals surface area contributed by atoms with E-state index in [1.54, 1.807) is 6.20 Å². The molecule has 0 bridgehead atoms. The second kappa shape index (κ2) is 6.97. The molecule has 2 rings (SSSR count). The monoisotopic (exact) mass is 244 g/mol. The van der Waals surface area contributed by atoms with Crippen molar-refractivity contribution in [3.8, 4) is 5.75 Å². The van der Waals surface area contributed by atoms with Crippen molar-refractivity contribution in [2.45, 2.75) is 19.3 Å². The molecule has 0 radical (unpaired) electrons. The molecule has 0 saturated heterocycles. The molecule has 0 aliphatic carbocycles. The molecule has 0 atom stereocenters. The number of aromatic nitrogens is 1. The molecule has 1 aromatic carbocycles. The molecule has 18 heavy (non-hydrogen) atoms. The summed E-state index contributed by atoms with van der Waals surface area (Å²) in [5.74, 6) is 0.863. The summed E-state index contributed by atoms with van der Waals surface area (Å²) < 4.78 is 5.71. The zero-order valence-corrected chi connectivity index (χ0v) is 10.9. The second-order valence-electron chi connectivity index (χ2n) is 4.38. The van der Waals surface area contributed by atoms with E-state index in [2.05, 4.69) is 22.4 Å². The van der Waals surface area contributed by atoms with Crippen LogP contribution >= 0.6 is 0 Å². The average molecular weight is 244 g/mol. The molecule has 0 aliphatic heterocycles. The van der Waals surface area contributed by atoms with Gasteiger partial charge >= 0.3 is 0 Å². The normalized spacial score (nSPS) is 10.7. The maximum Gasteiger partial charge on any atom is 0.138 e. The van der Waals surface area contributed by atoms with Crippen LogP contribution in [0.15, 0.2) is 36.5 Å². The number of fused-ring (bicyclic) bond motifs is 1. The van der Waals surface area contributed by atoms with Gasteiger partial charge in [-0.25, -0.2) is 0 Å². The van der Waals surface area contributed by atoms with Crippen molar-refractivity contribution >= 4 is 10.9 Å². The number of pyridine rings is 1. The van der Waals surface area contributed by atoms with Crippen molar-refractivity contribution in [2.75, 3.05) is 20.2 Å². The molecule has 0 unspecified atom stereocenters. The van der Waals surface area contributed by atoms with Gasteiger partial charge in [0.2, 0.25) is 0 Å². The third kappa shape index (κ3) is 3.70. The van der Waals surface area contributed by atoms with Gasteiger partial charge in [0.25, 0.3) is 0 Å². The quantitative estimate of drug-likeness (QED) is 0.760. The van der Waals surface area contributed by atoms with E-state index in [0.29, 0.717) is 0 Å². The number of benzene rings is 1. The lowest BCUT2D eigenvalue weighted by Crippen LogP contribution is -2.07. The molecule has 0 fully saturated rings. The van der Waals surface area contributed by atoms with Crippen LogP contribution < -0.4 is 10.1 Å². The molecule has 1 heterocycles. The zero-order chi connectivity index (χ0) is 12.6. The first-order chi connectivity index (χ1) is 8.90. The molecule has 1 aromatic heterocycles. The van der Waals surface area contributed by atoms with Crippen LogP contribution in [0.25, 0.3) is 10.9 Å². The van der Waals surface area contributed by atoms with E-state index in [0.717, 1.165) is 36.2 Å². The standard InChI is InChI=1S/C15H20N2O/c1-16-9-5-2-6-10-18-14-11-13-7-3-4-8-15(13)17-12-14/h3-4,7-8,11-12,16H,2,5-6,9-10H2,1H3. The lowest BCUT2D eigenvalue weighted by Gasteiger charge is -2.06. The van der Waals surface area contributed by atoms with Gasteiger partial charge in [-0.3, -0.25) is 4.98 Å². The van der Waals surface area contributed by atoms with Crippen molar-refractivity contribution in [1.29, 1.82) is 0 Å². The Kier molecular flexibility index (Phi) is 4.97. The molecular weight excluding hydrogens is 224 g/mol. The first-order valence-corrected chi connectivity index (χ1v) is 6.52. The van der Waals surface area contributed by atoms with E-state index in [-0.39, 0.29) is 0 Å². The number of ether oxygens (including phenoxy) is 1. The molecule has 2 aromatic rings. The van der Waals surface area contributed by atoms with Crippen LogP contribution in [0.5, 0.6) is 5.75 Å². The van der Waals surface area contributed by atoms with Crippen LogP contribution in [-0.4, -0.2) is 25.2 Å². The van der Waals surface area contributed by atoms with Gasteiger partial charge in [0.15, 0.2) is 0 Å². The smallest absolute Gasteiger partial charge is 0.138 e. The molecule has 0 saturated carbocycles. The van der Waals surface area contributed by atoms with Crippen LogP contribution in [-0.2, 0) is 0 Å². The van der Waals surface area contributed by atoms with Gasteiger partial charge in [0.05, 0.1) is 18.3 Å². The third-order valence-corrected chi connectivity index (χ3v) is 2.91. The Balaban J connectivity index is 1.81. The second-order valence-corrected chi connectivity index (χ2v) is 4.38. The fraction of sp³-hybridized carbons (Fsp3) is 0.400. The van der Waals surface area contributed by atoms with Gasteiger partial charge in [-0.05, 0) is 45.0 Å². The van der Waals surface area contributed by atoms with E-state index in [1.165, 1.54) is 12.8 Å². The topological polar surface area (TPSA) is 34.1 Å². The average Bonchev–Trinajstić information content (AvgIpc) is 2.42. The van der Waals surface area contributed by atoms with Crippen LogP contribution in [0.2, 0.25) is 0 Å². The van der Waals surface area contributed by atoms with E-state index in [1.807, 2.05) is 25.2 Å². The number of nitrogens with zero attached hydrogens (tertiary/aromatic N) is 1. The summed E-state index contributed by atoms with van der Waals surface area (Å²) in [4.78, 5) is 4.37. The molecule has 0 amide bonds. The van der Waals surface area contributed by atoms with Gasteiger partial charge in [0, 0.05) is 5.39 Å². The van der Waals surface area contributed by atoms with Crippen molar-refractivity contribution in [3.63, 3.8) is 0 Å². The van der Waals surface area contributed by atoms with Gasteiger partial charge in [-0.15, -0.1) is 0 Å². The molecule has 96 valence electrons. The summed E-state index contributed by atoms with van der Waals surface area (Å²) in [6, 6.07) is 10.1. The molecular formula is C15H20N2O. The van der Waals surface area contributed by atoms with Gasteiger partial charge in [0.1, 0.15) is 5.75 Å². The zero-order valence-electron chi connectivity index (χ0n) is 10.9. The van der Waals surface area contributed by atoms with E-state index in [9.17, 15) is 0 Å². The number of para-hydroxylation sites is 1. The van der Waals surface area contributed by atoms with Gasteiger partial charge < -0.3 is 10.1 Å². The summed E-state index contributed by atoms with van der Waals surface area (Å²) >= 11 is 0. The summed E-state index contributed by atoms with van der Waals surface area (Å²) in [6.07, 6.45) is 5.29. The Labute approximate surface area is 108 Å². The SMILES string of the molecule is CNCCCCCOc1cnc2ccccc2c1. The Morgan fingerprint density at radius 3 is 2.94 bits per heavy atom. The van der Waals surface area contributed by atoms with Crippen molar-refractivity contribution < 1.29 is 4.74 Å². The number of hydrogen-bond acceptors (Lipinski definition) is 3. The maximum absolute atomic E-state index is 5.71. The van der Waals surface area contributed by atoms with Crippen molar-refractivity contribution in [2.24, 2.45) is 0 Å². The minimum absolute atomic E-state index is 0.768. The van der Waals surface area contributed by atoms with Gasteiger partial charge in [-0.2, -0.15) is 0 Å². The highest BCUT2D eigenvalue weighted by atomic mass is 16.5. The fourth-order valence-corrected chi connectivity index (χ4v) is 1.90. The number of hydrogen-bond donors (Lipinski definition) is 1. The minimum atomic E-state index is 0.768. The molecule has 0 spiro atoms. The maximum atomic E-state index is 5.71. The Morgan fingerprint density at radius 1 is 1.17 bits per heavy atom. The fourth-order valence-electron chi connectivity index (χ4n) is 1.90. The van der Waals surface area contributed by atoms with E-state index < -0.39 is 0 Å². The van der Waals surface area contributed by atoms with Crippen molar-refractivity contribution in [3.05, 3.63) is 36.5 Å². The Bertz CT molecular complexity index is 485. The van der Waals surface area contributed by atoms with Crippen LogP contribution in [0, 0.1) is 0 Å². The summed E-state index contributed by atoms with van der Waals surface area (Å²) in [6.45, 7) is 1.85. The molecule has 0 aliphatic rings. The van der Waals surface area contributed by atoms with Crippen LogP contribution in [0.1, 0.15) is 19.3 Å². The van der Waals surface area contributed by atoms with E-state index in [4.69, 9.17) is 4.74 Å². The Morgan fingerprint density at radius 2 is 2.06 bits per heavy atom. The number of rotatable bonds is 7. The number of nitrogens with one attached hydrogen (secondary N) is 1. The highest BCUT2D eigenvalue weighted by Crippen LogP contribution is 2.17. The number of unbranched alkanes of at least 4 members (excludes halogenated alkanes) is 2. The Hall–Kier alpha value is -1.61. The predicted octanol–water partition coefficient (Wildman–Crippen LogP) is 3.00. The summed E-state index contributed by atoms with van der Waals surface area (Å²) in [7, 11) is 1.98. The summed E-state index contributed by atoms with van der Waals surface area (Å²) in [5.41, 5.74) is 1.01. The first kappa shape index (κ1) is 12.8. The van der Waals surface area contributed by atoms with Crippen LogP contribution in [0.3, 0.4) is 0 Å². The molecule has 3 nitrogen and oxygen atoms in total.